The average molecular weight is 422 g/mol. The van der Waals surface area contributed by atoms with Gasteiger partial charge >= 0.3 is 5.97 Å². The standard InChI is InChI=1S/C23H22N2O6/c1-3-25(4-2)22(28)15-9-11-16(12-10-15)24-21(27)14-30-23(29)20-13-18(26)17-7-5-6-8-19(17)31-20/h5-13H,3-4,14H2,1-2H3,(H,24,27). The van der Waals surface area contributed by atoms with Crippen LogP contribution in [-0.2, 0) is 9.53 Å². The normalized spacial score (nSPS) is 10.5. The van der Waals surface area contributed by atoms with E-state index in [0.717, 1.165) is 6.07 Å². The van der Waals surface area contributed by atoms with Crippen LogP contribution in [0.2, 0.25) is 0 Å². The zero-order chi connectivity index (χ0) is 22.4. The van der Waals surface area contributed by atoms with E-state index < -0.39 is 18.5 Å². The van der Waals surface area contributed by atoms with Crippen molar-refractivity contribution in [2.45, 2.75) is 13.8 Å². The third kappa shape index (κ3) is 5.16. The lowest BCUT2D eigenvalue weighted by atomic mass is 10.2. The number of anilines is 1. The first-order valence-electron chi connectivity index (χ1n) is 9.82. The monoisotopic (exact) mass is 422 g/mol. The van der Waals surface area contributed by atoms with Crippen LogP contribution in [0.3, 0.4) is 0 Å². The molecule has 8 heteroatoms. The number of ether oxygens (including phenoxy) is 1. The van der Waals surface area contributed by atoms with Crippen molar-refractivity contribution in [1.29, 1.82) is 0 Å². The molecule has 2 aromatic carbocycles. The van der Waals surface area contributed by atoms with Crippen LogP contribution >= 0.6 is 0 Å². The van der Waals surface area contributed by atoms with Crippen LogP contribution in [0.1, 0.15) is 34.8 Å². The molecule has 0 aliphatic rings. The topological polar surface area (TPSA) is 106 Å². The zero-order valence-electron chi connectivity index (χ0n) is 17.2. The van der Waals surface area contributed by atoms with Gasteiger partial charge in [0.2, 0.25) is 5.76 Å². The molecule has 31 heavy (non-hydrogen) atoms. The average Bonchev–Trinajstić information content (AvgIpc) is 2.78. The zero-order valence-corrected chi connectivity index (χ0v) is 17.2. The van der Waals surface area contributed by atoms with Gasteiger partial charge in [-0.2, -0.15) is 0 Å². The first-order chi connectivity index (χ1) is 14.9. The number of carbonyl (C=O) groups excluding carboxylic acids is 3. The molecule has 1 N–H and O–H groups in total. The molecule has 0 radical (unpaired) electrons. The number of benzene rings is 2. The highest BCUT2D eigenvalue weighted by molar-refractivity contribution is 5.97. The predicted molar refractivity (Wildman–Crippen MR) is 115 cm³/mol. The summed E-state index contributed by atoms with van der Waals surface area (Å²) in [7, 11) is 0. The summed E-state index contributed by atoms with van der Waals surface area (Å²) < 4.78 is 10.3. The minimum atomic E-state index is -0.918. The van der Waals surface area contributed by atoms with Gasteiger partial charge in [-0.3, -0.25) is 14.4 Å². The number of hydrogen-bond donors (Lipinski definition) is 1. The van der Waals surface area contributed by atoms with Crippen LogP contribution in [0.4, 0.5) is 5.69 Å². The molecule has 0 atom stereocenters. The van der Waals surface area contributed by atoms with Crippen molar-refractivity contribution in [2.24, 2.45) is 0 Å². The molecule has 0 aliphatic heterocycles. The van der Waals surface area contributed by atoms with Crippen LogP contribution in [0.15, 0.2) is 63.8 Å². The van der Waals surface area contributed by atoms with E-state index in [9.17, 15) is 19.2 Å². The number of rotatable bonds is 7. The molecule has 2 amide bonds. The molecule has 0 aliphatic carbocycles. The summed E-state index contributed by atoms with van der Waals surface area (Å²) in [6.45, 7) is 4.46. The van der Waals surface area contributed by atoms with Gasteiger partial charge in [0.15, 0.2) is 12.0 Å². The maximum Gasteiger partial charge on any atom is 0.374 e. The molecule has 3 rings (SSSR count). The van der Waals surface area contributed by atoms with Crippen molar-refractivity contribution in [3.63, 3.8) is 0 Å². The van der Waals surface area contributed by atoms with Crippen LogP contribution in [0.5, 0.6) is 0 Å². The van der Waals surface area contributed by atoms with E-state index in [1.165, 1.54) is 0 Å². The molecule has 0 saturated carbocycles. The Balaban J connectivity index is 1.58. The van der Waals surface area contributed by atoms with Crippen LogP contribution < -0.4 is 10.7 Å². The van der Waals surface area contributed by atoms with Crippen molar-refractivity contribution in [1.82, 2.24) is 4.90 Å². The Labute approximate surface area is 178 Å². The van der Waals surface area contributed by atoms with Gasteiger partial charge in [-0.1, -0.05) is 12.1 Å². The molecular formula is C23H22N2O6. The Hall–Kier alpha value is -3.94. The summed E-state index contributed by atoms with van der Waals surface area (Å²) in [5, 5.41) is 2.93. The Morgan fingerprint density at radius 2 is 1.68 bits per heavy atom. The third-order valence-corrected chi connectivity index (χ3v) is 4.64. The van der Waals surface area contributed by atoms with E-state index in [1.54, 1.807) is 53.4 Å². The van der Waals surface area contributed by atoms with Crippen LogP contribution in [-0.4, -0.2) is 42.4 Å². The molecule has 160 valence electrons. The molecule has 3 aromatic rings. The van der Waals surface area contributed by atoms with Crippen molar-refractivity contribution in [3.05, 3.63) is 76.1 Å². The van der Waals surface area contributed by atoms with Gasteiger partial charge < -0.3 is 19.4 Å². The van der Waals surface area contributed by atoms with Crippen molar-refractivity contribution in [3.8, 4) is 0 Å². The second-order valence-corrected chi connectivity index (χ2v) is 6.65. The number of carbonyl (C=O) groups is 3. The quantitative estimate of drug-likeness (QED) is 0.587. The fourth-order valence-electron chi connectivity index (χ4n) is 2.99. The van der Waals surface area contributed by atoms with E-state index in [2.05, 4.69) is 5.32 Å². The smallest absolute Gasteiger partial charge is 0.374 e. The number of nitrogens with zero attached hydrogens (tertiary/aromatic N) is 1. The lowest BCUT2D eigenvalue weighted by Gasteiger charge is -2.18. The number of amides is 2. The fourth-order valence-corrected chi connectivity index (χ4v) is 2.99. The van der Waals surface area contributed by atoms with Gasteiger partial charge in [-0.25, -0.2) is 4.79 Å². The molecular weight excluding hydrogens is 400 g/mol. The first-order valence-corrected chi connectivity index (χ1v) is 9.82. The Morgan fingerprint density at radius 1 is 1.00 bits per heavy atom. The maximum absolute atomic E-state index is 12.3. The minimum Gasteiger partial charge on any atom is -0.450 e. The Bertz CT molecular complexity index is 1160. The highest BCUT2D eigenvalue weighted by Gasteiger charge is 2.16. The lowest BCUT2D eigenvalue weighted by molar-refractivity contribution is -0.119. The van der Waals surface area contributed by atoms with Gasteiger partial charge in [0.1, 0.15) is 5.58 Å². The van der Waals surface area contributed by atoms with Gasteiger partial charge in [-0.05, 0) is 50.2 Å². The summed E-state index contributed by atoms with van der Waals surface area (Å²) in [6.07, 6.45) is 0. The van der Waals surface area contributed by atoms with E-state index in [-0.39, 0.29) is 22.7 Å². The van der Waals surface area contributed by atoms with Gasteiger partial charge in [0.25, 0.3) is 11.8 Å². The molecule has 8 nitrogen and oxygen atoms in total. The van der Waals surface area contributed by atoms with Crippen LogP contribution in [0.25, 0.3) is 11.0 Å². The summed E-state index contributed by atoms with van der Waals surface area (Å²) in [5.41, 5.74) is 0.845. The summed E-state index contributed by atoms with van der Waals surface area (Å²) in [6, 6.07) is 14.0. The molecule has 0 bridgehead atoms. The SMILES string of the molecule is CCN(CC)C(=O)c1ccc(NC(=O)COC(=O)c2cc(=O)c3ccccc3o2)cc1. The van der Waals surface area contributed by atoms with E-state index in [0.29, 0.717) is 29.7 Å². The first kappa shape index (κ1) is 21.8. The number of esters is 1. The van der Waals surface area contributed by atoms with E-state index in [4.69, 9.17) is 9.15 Å². The minimum absolute atomic E-state index is 0.0892. The summed E-state index contributed by atoms with van der Waals surface area (Å²) in [5.74, 6) is -1.86. The Kier molecular flexibility index (Phi) is 6.81. The highest BCUT2D eigenvalue weighted by atomic mass is 16.5. The number of nitrogens with one attached hydrogen (secondary N) is 1. The molecule has 0 saturated heterocycles. The van der Waals surface area contributed by atoms with Gasteiger partial charge in [0.05, 0.1) is 5.39 Å². The lowest BCUT2D eigenvalue weighted by Crippen LogP contribution is -2.30. The number of fused-ring (bicyclic) bond motifs is 1. The van der Waals surface area contributed by atoms with Crippen molar-refractivity contribution < 1.29 is 23.5 Å². The van der Waals surface area contributed by atoms with Crippen LogP contribution in [0, 0.1) is 0 Å². The molecule has 1 heterocycles. The Morgan fingerprint density at radius 3 is 2.35 bits per heavy atom. The number of para-hydroxylation sites is 1. The summed E-state index contributed by atoms with van der Waals surface area (Å²) >= 11 is 0. The van der Waals surface area contributed by atoms with Crippen molar-refractivity contribution in [2.75, 3.05) is 25.0 Å². The maximum atomic E-state index is 12.3. The van der Waals surface area contributed by atoms with Crippen molar-refractivity contribution >= 4 is 34.4 Å². The number of hydrogen-bond acceptors (Lipinski definition) is 6. The third-order valence-electron chi connectivity index (χ3n) is 4.64. The fraction of sp³-hybridized carbons (Fsp3) is 0.217. The molecule has 0 fully saturated rings. The van der Waals surface area contributed by atoms with E-state index in [1.807, 2.05) is 13.8 Å². The predicted octanol–water partition coefficient (Wildman–Crippen LogP) is 3.07. The van der Waals surface area contributed by atoms with Gasteiger partial charge in [0, 0.05) is 30.4 Å². The molecule has 0 spiro atoms. The summed E-state index contributed by atoms with van der Waals surface area (Å²) in [4.78, 5) is 50.3. The second-order valence-electron chi connectivity index (χ2n) is 6.65. The largest absolute Gasteiger partial charge is 0.450 e. The van der Waals surface area contributed by atoms with Gasteiger partial charge in [-0.15, -0.1) is 0 Å². The second kappa shape index (κ2) is 9.71. The molecule has 0 unspecified atom stereocenters. The van der Waals surface area contributed by atoms with E-state index >= 15 is 0 Å². The molecule has 1 aromatic heterocycles. The highest BCUT2D eigenvalue weighted by Crippen LogP contribution is 2.14.